The van der Waals surface area contributed by atoms with Gasteiger partial charge in [0.15, 0.2) is 0 Å². The molecule has 1 aliphatic rings. The molecule has 0 N–H and O–H groups in total. The molecule has 0 unspecified atom stereocenters. The number of rotatable bonds is 2. The van der Waals surface area contributed by atoms with Crippen molar-refractivity contribution in [3.05, 3.63) is 40.4 Å². The Morgan fingerprint density at radius 2 is 2.15 bits per heavy atom. The van der Waals surface area contributed by atoms with Crippen molar-refractivity contribution < 1.29 is 0 Å². The van der Waals surface area contributed by atoms with E-state index in [-0.39, 0.29) is 0 Å². The molecule has 0 aliphatic heterocycles. The quantitative estimate of drug-likeness (QED) is 0.657. The molecule has 0 amide bonds. The molecule has 0 heterocycles. The second-order valence-corrected chi connectivity index (χ2v) is 3.92. The topological polar surface area (TPSA) is 0 Å². The molecular formula is C12H13Cl. The Morgan fingerprint density at radius 3 is 2.77 bits per heavy atom. The minimum Gasteiger partial charge on any atom is -0.0870 e. The molecule has 0 saturated heterocycles. The van der Waals surface area contributed by atoms with Gasteiger partial charge in [0.2, 0.25) is 0 Å². The number of halogens is 1. The molecule has 0 radical (unpaired) electrons. The molecular weight excluding hydrogens is 180 g/mol. The molecule has 13 heavy (non-hydrogen) atoms. The first kappa shape index (κ1) is 8.83. The van der Waals surface area contributed by atoms with Gasteiger partial charge < -0.3 is 0 Å². The van der Waals surface area contributed by atoms with Crippen molar-refractivity contribution in [3.63, 3.8) is 0 Å². The van der Waals surface area contributed by atoms with Crippen LogP contribution < -0.4 is 0 Å². The summed E-state index contributed by atoms with van der Waals surface area (Å²) in [5, 5.41) is 0.877. The maximum atomic E-state index is 6.13. The van der Waals surface area contributed by atoms with Gasteiger partial charge in [-0.05, 0) is 42.9 Å². The van der Waals surface area contributed by atoms with Gasteiger partial charge in [0, 0.05) is 5.02 Å². The lowest BCUT2D eigenvalue weighted by molar-refractivity contribution is 1.12. The molecule has 0 bridgehead atoms. The van der Waals surface area contributed by atoms with Gasteiger partial charge in [-0.3, -0.25) is 0 Å². The van der Waals surface area contributed by atoms with E-state index >= 15 is 0 Å². The van der Waals surface area contributed by atoms with Crippen LogP contribution in [0.4, 0.5) is 0 Å². The summed E-state index contributed by atoms with van der Waals surface area (Å²) < 4.78 is 0. The Bertz CT molecular complexity index is 335. The second-order valence-electron chi connectivity index (χ2n) is 3.52. The summed E-state index contributed by atoms with van der Waals surface area (Å²) in [6.45, 7) is 2.03. The first-order valence-corrected chi connectivity index (χ1v) is 5.12. The van der Waals surface area contributed by atoms with E-state index in [1.807, 2.05) is 25.1 Å². The smallest absolute Gasteiger partial charge is 0.0481 e. The summed E-state index contributed by atoms with van der Waals surface area (Å²) in [5.74, 6) is 0.768. The van der Waals surface area contributed by atoms with E-state index in [9.17, 15) is 0 Å². The predicted molar refractivity (Wildman–Crippen MR) is 58.1 cm³/mol. The van der Waals surface area contributed by atoms with Gasteiger partial charge in [0.25, 0.3) is 0 Å². The summed E-state index contributed by atoms with van der Waals surface area (Å²) >= 11 is 6.13. The average Bonchev–Trinajstić information content (AvgIpc) is 2.92. The molecule has 1 heteroatoms. The van der Waals surface area contributed by atoms with Crippen LogP contribution in [-0.4, -0.2) is 0 Å². The van der Waals surface area contributed by atoms with E-state index in [4.69, 9.17) is 11.6 Å². The Balaban J connectivity index is 2.46. The number of hydrogen-bond acceptors (Lipinski definition) is 0. The monoisotopic (exact) mass is 192 g/mol. The van der Waals surface area contributed by atoms with E-state index in [1.165, 1.54) is 24.0 Å². The predicted octanol–water partition coefficient (Wildman–Crippen LogP) is 4.25. The fourth-order valence-electron chi connectivity index (χ4n) is 1.65. The SMILES string of the molecule is C/C=C/c1c(Cl)cccc1C1CC1. The number of allylic oxidation sites excluding steroid dienone is 1. The van der Waals surface area contributed by atoms with Crippen LogP contribution in [0.15, 0.2) is 24.3 Å². The van der Waals surface area contributed by atoms with Crippen molar-refractivity contribution in [1.82, 2.24) is 0 Å². The third-order valence-corrected chi connectivity index (χ3v) is 2.77. The van der Waals surface area contributed by atoms with E-state index in [0.717, 1.165) is 10.9 Å². The number of benzene rings is 1. The highest BCUT2D eigenvalue weighted by Crippen LogP contribution is 2.43. The van der Waals surface area contributed by atoms with Crippen LogP contribution in [0, 0.1) is 0 Å². The zero-order valence-electron chi connectivity index (χ0n) is 7.76. The van der Waals surface area contributed by atoms with Crippen LogP contribution in [0.5, 0.6) is 0 Å². The maximum absolute atomic E-state index is 6.13. The lowest BCUT2D eigenvalue weighted by Crippen LogP contribution is -1.86. The van der Waals surface area contributed by atoms with E-state index in [2.05, 4.69) is 12.1 Å². The molecule has 2 rings (SSSR count). The number of hydrogen-bond donors (Lipinski definition) is 0. The zero-order valence-corrected chi connectivity index (χ0v) is 8.51. The highest BCUT2D eigenvalue weighted by molar-refractivity contribution is 6.32. The third kappa shape index (κ3) is 1.78. The molecule has 1 aromatic carbocycles. The van der Waals surface area contributed by atoms with Gasteiger partial charge in [-0.1, -0.05) is 35.9 Å². The lowest BCUT2D eigenvalue weighted by atomic mass is 10.0. The molecule has 1 fully saturated rings. The summed E-state index contributed by atoms with van der Waals surface area (Å²) in [7, 11) is 0. The van der Waals surface area contributed by atoms with Gasteiger partial charge in [0.1, 0.15) is 0 Å². The van der Waals surface area contributed by atoms with Crippen LogP contribution >= 0.6 is 11.6 Å². The third-order valence-electron chi connectivity index (χ3n) is 2.44. The van der Waals surface area contributed by atoms with Gasteiger partial charge in [0.05, 0.1) is 0 Å². The van der Waals surface area contributed by atoms with Gasteiger partial charge in [-0.25, -0.2) is 0 Å². The standard InChI is InChI=1S/C12H13Cl/c1-2-4-11-10(9-7-8-9)5-3-6-12(11)13/h2-6,9H,7-8H2,1H3/b4-2+. The first-order valence-electron chi connectivity index (χ1n) is 4.74. The molecule has 1 saturated carbocycles. The zero-order chi connectivity index (χ0) is 9.26. The van der Waals surface area contributed by atoms with Crippen molar-refractivity contribution in [2.24, 2.45) is 0 Å². The average molecular weight is 193 g/mol. The molecule has 0 nitrogen and oxygen atoms in total. The lowest BCUT2D eigenvalue weighted by Gasteiger charge is -2.05. The molecule has 0 atom stereocenters. The van der Waals surface area contributed by atoms with E-state index in [1.54, 1.807) is 0 Å². The van der Waals surface area contributed by atoms with Crippen molar-refractivity contribution >= 4 is 17.7 Å². The molecule has 1 aliphatic carbocycles. The van der Waals surface area contributed by atoms with Crippen LogP contribution in [-0.2, 0) is 0 Å². The van der Waals surface area contributed by atoms with Crippen LogP contribution in [0.3, 0.4) is 0 Å². The molecule has 0 aromatic heterocycles. The van der Waals surface area contributed by atoms with E-state index < -0.39 is 0 Å². The Kier molecular flexibility index (Phi) is 2.41. The van der Waals surface area contributed by atoms with Crippen LogP contribution in [0.2, 0.25) is 5.02 Å². The normalized spacial score (nSPS) is 16.8. The Hall–Kier alpha value is -0.750. The van der Waals surface area contributed by atoms with Crippen molar-refractivity contribution in [1.29, 1.82) is 0 Å². The van der Waals surface area contributed by atoms with Gasteiger partial charge >= 0.3 is 0 Å². The molecule has 68 valence electrons. The van der Waals surface area contributed by atoms with Crippen molar-refractivity contribution in [3.8, 4) is 0 Å². The first-order chi connectivity index (χ1) is 6.33. The van der Waals surface area contributed by atoms with Gasteiger partial charge in [-0.2, -0.15) is 0 Å². The fraction of sp³-hybridized carbons (Fsp3) is 0.333. The van der Waals surface area contributed by atoms with Crippen molar-refractivity contribution in [2.75, 3.05) is 0 Å². The second kappa shape index (κ2) is 3.55. The van der Waals surface area contributed by atoms with E-state index in [0.29, 0.717) is 0 Å². The summed E-state index contributed by atoms with van der Waals surface area (Å²) in [5.41, 5.74) is 2.64. The maximum Gasteiger partial charge on any atom is 0.0481 e. The Labute approximate surface area is 84.2 Å². The summed E-state index contributed by atoms with van der Waals surface area (Å²) in [4.78, 5) is 0. The van der Waals surface area contributed by atoms with Crippen LogP contribution in [0.1, 0.15) is 36.8 Å². The molecule has 1 aromatic rings. The fourth-order valence-corrected chi connectivity index (χ4v) is 1.89. The largest absolute Gasteiger partial charge is 0.0870 e. The van der Waals surface area contributed by atoms with Gasteiger partial charge in [-0.15, -0.1) is 0 Å². The highest BCUT2D eigenvalue weighted by Gasteiger charge is 2.25. The minimum absolute atomic E-state index is 0.768. The van der Waals surface area contributed by atoms with Crippen LogP contribution in [0.25, 0.3) is 6.08 Å². The highest BCUT2D eigenvalue weighted by atomic mass is 35.5. The minimum atomic E-state index is 0.768. The van der Waals surface area contributed by atoms with Crippen molar-refractivity contribution in [2.45, 2.75) is 25.7 Å². The molecule has 0 spiro atoms. The Morgan fingerprint density at radius 1 is 1.38 bits per heavy atom. The summed E-state index contributed by atoms with van der Waals surface area (Å²) in [6, 6.07) is 6.20. The summed E-state index contributed by atoms with van der Waals surface area (Å²) in [6.07, 6.45) is 6.80.